The molecule has 0 bridgehead atoms. The first-order valence-corrected chi connectivity index (χ1v) is 8.97. The topological polar surface area (TPSA) is 65.3 Å². The maximum Gasteiger partial charge on any atom is 0.132 e. The van der Waals surface area contributed by atoms with Gasteiger partial charge in [-0.2, -0.15) is 5.10 Å². The summed E-state index contributed by atoms with van der Waals surface area (Å²) < 4.78 is 13.1. The van der Waals surface area contributed by atoms with E-state index in [0.717, 1.165) is 51.5 Å². The number of rotatable bonds is 5. The molecule has 0 saturated carbocycles. The van der Waals surface area contributed by atoms with E-state index >= 15 is 0 Å². The molecule has 1 atom stereocenters. The molecular weight excluding hydrogens is 318 g/mol. The van der Waals surface area contributed by atoms with Crippen LogP contribution in [0.4, 0.5) is 5.82 Å². The SMILES string of the molecule is COCC1CN(c2ccncn2)Cc2cn(CC3CCOCC3)nc21. The van der Waals surface area contributed by atoms with Crippen LogP contribution in [0.3, 0.4) is 0 Å². The second-order valence-electron chi connectivity index (χ2n) is 6.92. The standard InChI is InChI=1S/C18H25N5O2/c1-24-12-16-10-22(17-2-5-19-13-20-17)9-15-11-23(21-18(15)16)8-14-3-6-25-7-4-14/h2,5,11,13-14,16H,3-4,6-10,12H2,1H3. The third kappa shape index (κ3) is 3.67. The lowest BCUT2D eigenvalue weighted by molar-refractivity contribution is 0.0601. The van der Waals surface area contributed by atoms with Crippen LogP contribution in [-0.2, 0) is 22.6 Å². The zero-order valence-corrected chi connectivity index (χ0v) is 14.7. The van der Waals surface area contributed by atoms with E-state index < -0.39 is 0 Å². The number of methoxy groups -OCH3 is 1. The van der Waals surface area contributed by atoms with Gasteiger partial charge in [0.25, 0.3) is 0 Å². The van der Waals surface area contributed by atoms with Crippen molar-refractivity contribution in [2.75, 3.05) is 38.4 Å². The third-order valence-electron chi connectivity index (χ3n) is 5.10. The Morgan fingerprint density at radius 2 is 2.20 bits per heavy atom. The van der Waals surface area contributed by atoms with E-state index in [1.54, 1.807) is 19.6 Å². The monoisotopic (exact) mass is 343 g/mol. The van der Waals surface area contributed by atoms with Crippen LogP contribution in [0.25, 0.3) is 0 Å². The second kappa shape index (κ2) is 7.49. The van der Waals surface area contributed by atoms with Gasteiger partial charge in [0.2, 0.25) is 0 Å². The van der Waals surface area contributed by atoms with Gasteiger partial charge in [0.1, 0.15) is 12.1 Å². The molecule has 2 aliphatic rings. The molecule has 0 N–H and O–H groups in total. The minimum absolute atomic E-state index is 0.264. The molecule has 2 aliphatic heterocycles. The number of nitrogens with zero attached hydrogens (tertiary/aromatic N) is 5. The minimum atomic E-state index is 0.264. The van der Waals surface area contributed by atoms with E-state index in [1.165, 1.54) is 11.3 Å². The second-order valence-corrected chi connectivity index (χ2v) is 6.92. The summed E-state index contributed by atoms with van der Waals surface area (Å²) >= 11 is 0. The van der Waals surface area contributed by atoms with E-state index in [1.807, 2.05) is 6.07 Å². The van der Waals surface area contributed by atoms with Crippen LogP contribution >= 0.6 is 0 Å². The number of hydrogen-bond donors (Lipinski definition) is 0. The molecule has 4 heterocycles. The van der Waals surface area contributed by atoms with E-state index in [4.69, 9.17) is 14.6 Å². The van der Waals surface area contributed by atoms with Crippen molar-refractivity contribution < 1.29 is 9.47 Å². The number of anilines is 1. The number of aromatic nitrogens is 4. The summed E-state index contributed by atoms with van der Waals surface area (Å²) in [5, 5.41) is 4.91. The normalized spacial score (nSPS) is 21.3. The Morgan fingerprint density at radius 1 is 1.32 bits per heavy atom. The number of hydrogen-bond acceptors (Lipinski definition) is 6. The van der Waals surface area contributed by atoms with E-state index in [2.05, 4.69) is 25.7 Å². The van der Waals surface area contributed by atoms with Crippen LogP contribution in [0.1, 0.15) is 30.0 Å². The van der Waals surface area contributed by atoms with Gasteiger partial charge in [0.05, 0.1) is 12.3 Å². The lowest BCUT2D eigenvalue weighted by Gasteiger charge is -2.32. The van der Waals surface area contributed by atoms with Crippen LogP contribution in [0.2, 0.25) is 0 Å². The van der Waals surface area contributed by atoms with E-state index in [-0.39, 0.29) is 5.92 Å². The Hall–Kier alpha value is -1.99. The summed E-state index contributed by atoms with van der Waals surface area (Å²) in [4.78, 5) is 10.7. The maximum atomic E-state index is 5.47. The molecule has 25 heavy (non-hydrogen) atoms. The Bertz CT molecular complexity index is 684. The fourth-order valence-corrected chi connectivity index (χ4v) is 3.83. The van der Waals surface area contributed by atoms with Crippen molar-refractivity contribution in [1.29, 1.82) is 0 Å². The summed E-state index contributed by atoms with van der Waals surface area (Å²) in [6.45, 7) is 5.10. The first-order chi connectivity index (χ1) is 12.3. The largest absolute Gasteiger partial charge is 0.384 e. The van der Waals surface area contributed by atoms with Crippen LogP contribution in [0.5, 0.6) is 0 Å². The quantitative estimate of drug-likeness (QED) is 0.825. The smallest absolute Gasteiger partial charge is 0.132 e. The summed E-state index contributed by atoms with van der Waals surface area (Å²) in [5.41, 5.74) is 2.46. The fourth-order valence-electron chi connectivity index (χ4n) is 3.83. The molecule has 0 radical (unpaired) electrons. The molecule has 0 amide bonds. The van der Waals surface area contributed by atoms with Gasteiger partial charge in [-0.05, 0) is 24.8 Å². The minimum Gasteiger partial charge on any atom is -0.384 e. The van der Waals surface area contributed by atoms with Gasteiger partial charge in [0, 0.05) is 63.8 Å². The first kappa shape index (κ1) is 16.5. The zero-order valence-electron chi connectivity index (χ0n) is 14.7. The van der Waals surface area contributed by atoms with Crippen molar-refractivity contribution in [3.63, 3.8) is 0 Å². The Labute approximate surface area is 148 Å². The molecule has 2 aromatic rings. The van der Waals surface area contributed by atoms with Gasteiger partial charge in [-0.25, -0.2) is 9.97 Å². The lowest BCUT2D eigenvalue weighted by atomic mass is 9.97. The Kier molecular flexibility index (Phi) is 4.94. The van der Waals surface area contributed by atoms with E-state index in [9.17, 15) is 0 Å². The average molecular weight is 343 g/mol. The molecule has 7 heteroatoms. The average Bonchev–Trinajstić information content (AvgIpc) is 3.06. The van der Waals surface area contributed by atoms with Gasteiger partial charge < -0.3 is 14.4 Å². The van der Waals surface area contributed by atoms with Crippen molar-refractivity contribution in [3.05, 3.63) is 36.0 Å². The summed E-state index contributed by atoms with van der Waals surface area (Å²) in [6.07, 6.45) is 7.85. The van der Waals surface area contributed by atoms with Crippen LogP contribution in [0, 0.1) is 5.92 Å². The third-order valence-corrected chi connectivity index (χ3v) is 5.10. The highest BCUT2D eigenvalue weighted by molar-refractivity contribution is 5.42. The highest BCUT2D eigenvalue weighted by Crippen LogP contribution is 2.30. The van der Waals surface area contributed by atoms with Crippen molar-refractivity contribution in [3.8, 4) is 0 Å². The fraction of sp³-hybridized carbons (Fsp3) is 0.611. The summed E-state index contributed by atoms with van der Waals surface area (Å²) in [6, 6.07) is 1.96. The highest BCUT2D eigenvalue weighted by atomic mass is 16.5. The molecule has 134 valence electrons. The molecule has 4 rings (SSSR count). The van der Waals surface area contributed by atoms with Crippen molar-refractivity contribution in [1.82, 2.24) is 19.7 Å². The molecule has 0 aliphatic carbocycles. The molecule has 7 nitrogen and oxygen atoms in total. The predicted octanol–water partition coefficient (Wildman–Crippen LogP) is 1.85. The molecule has 0 aromatic carbocycles. The number of ether oxygens (including phenoxy) is 2. The summed E-state index contributed by atoms with van der Waals surface area (Å²) in [7, 11) is 1.75. The van der Waals surface area contributed by atoms with Crippen LogP contribution in [-0.4, -0.2) is 53.2 Å². The molecule has 1 unspecified atom stereocenters. The molecule has 1 fully saturated rings. The first-order valence-electron chi connectivity index (χ1n) is 8.97. The molecular formula is C18H25N5O2. The van der Waals surface area contributed by atoms with Crippen molar-refractivity contribution in [2.45, 2.75) is 31.8 Å². The predicted molar refractivity (Wildman–Crippen MR) is 93.5 cm³/mol. The van der Waals surface area contributed by atoms with Crippen LogP contribution in [0.15, 0.2) is 24.8 Å². The Balaban J connectivity index is 1.55. The number of fused-ring (bicyclic) bond motifs is 1. The van der Waals surface area contributed by atoms with Crippen LogP contribution < -0.4 is 4.90 Å². The van der Waals surface area contributed by atoms with Gasteiger partial charge in [0.15, 0.2) is 0 Å². The molecule has 0 spiro atoms. The van der Waals surface area contributed by atoms with Gasteiger partial charge in [-0.15, -0.1) is 0 Å². The summed E-state index contributed by atoms with van der Waals surface area (Å²) in [5.74, 6) is 1.88. The highest BCUT2D eigenvalue weighted by Gasteiger charge is 2.29. The van der Waals surface area contributed by atoms with Gasteiger partial charge in [-0.3, -0.25) is 4.68 Å². The molecule has 1 saturated heterocycles. The van der Waals surface area contributed by atoms with Crippen molar-refractivity contribution >= 4 is 5.82 Å². The Morgan fingerprint density at radius 3 is 2.96 bits per heavy atom. The van der Waals surface area contributed by atoms with Crippen molar-refractivity contribution in [2.24, 2.45) is 5.92 Å². The maximum absolute atomic E-state index is 5.47. The molecule has 2 aromatic heterocycles. The lowest BCUT2D eigenvalue weighted by Crippen LogP contribution is -2.35. The van der Waals surface area contributed by atoms with E-state index in [0.29, 0.717) is 12.5 Å². The zero-order chi connectivity index (χ0) is 17.1. The van der Waals surface area contributed by atoms with Gasteiger partial charge in [-0.1, -0.05) is 0 Å². The van der Waals surface area contributed by atoms with Gasteiger partial charge >= 0.3 is 0 Å².